The third kappa shape index (κ3) is 3.58. The van der Waals surface area contributed by atoms with Crippen LogP contribution in [-0.2, 0) is 6.54 Å². The first-order valence-corrected chi connectivity index (χ1v) is 7.82. The van der Waals surface area contributed by atoms with Crippen molar-refractivity contribution in [2.24, 2.45) is 0 Å². The molecule has 1 fully saturated rings. The van der Waals surface area contributed by atoms with E-state index in [1.54, 1.807) is 12.1 Å². The second-order valence-corrected chi connectivity index (χ2v) is 6.09. The van der Waals surface area contributed by atoms with E-state index in [9.17, 15) is 4.39 Å². The van der Waals surface area contributed by atoms with Crippen LogP contribution in [0.5, 0.6) is 0 Å². The van der Waals surface area contributed by atoms with Crippen LogP contribution < -0.4 is 5.32 Å². The lowest BCUT2D eigenvalue weighted by molar-refractivity contribution is 0.152. The van der Waals surface area contributed by atoms with Gasteiger partial charge in [0.2, 0.25) is 0 Å². The molecular formula is C17H27FN2. The molecule has 0 aliphatic carbocycles. The molecule has 0 spiro atoms. The predicted molar refractivity (Wildman–Crippen MR) is 82.2 cm³/mol. The average Bonchev–Trinajstić information content (AvgIpc) is 2.59. The fraction of sp³-hybridized carbons (Fsp3) is 0.647. The summed E-state index contributed by atoms with van der Waals surface area (Å²) in [6, 6.07) is 7.53. The molecule has 1 atom stereocenters. The van der Waals surface area contributed by atoms with E-state index in [0.717, 1.165) is 44.5 Å². The zero-order valence-corrected chi connectivity index (χ0v) is 13.0. The number of nitrogens with one attached hydrogen (secondary N) is 1. The highest BCUT2D eigenvalue weighted by molar-refractivity contribution is 5.16. The fourth-order valence-electron chi connectivity index (χ4n) is 3.13. The van der Waals surface area contributed by atoms with Gasteiger partial charge in [0.1, 0.15) is 5.82 Å². The van der Waals surface area contributed by atoms with Crippen molar-refractivity contribution in [3.63, 3.8) is 0 Å². The van der Waals surface area contributed by atoms with Gasteiger partial charge < -0.3 is 5.32 Å². The van der Waals surface area contributed by atoms with Crippen molar-refractivity contribution in [1.82, 2.24) is 10.2 Å². The molecule has 1 aromatic carbocycles. The Morgan fingerprint density at radius 2 is 2.10 bits per heavy atom. The normalized spacial score (nSPS) is 23.5. The molecule has 0 aromatic heterocycles. The van der Waals surface area contributed by atoms with Crippen molar-refractivity contribution < 1.29 is 4.39 Å². The monoisotopic (exact) mass is 278 g/mol. The quantitative estimate of drug-likeness (QED) is 0.906. The smallest absolute Gasteiger partial charge is 0.123 e. The maximum Gasteiger partial charge on any atom is 0.123 e. The van der Waals surface area contributed by atoms with Gasteiger partial charge in [0.05, 0.1) is 0 Å². The summed E-state index contributed by atoms with van der Waals surface area (Å²) in [4.78, 5) is 2.50. The summed E-state index contributed by atoms with van der Waals surface area (Å²) in [5.41, 5.74) is 1.28. The van der Waals surface area contributed by atoms with Gasteiger partial charge in [-0.15, -0.1) is 0 Å². The van der Waals surface area contributed by atoms with Crippen molar-refractivity contribution in [1.29, 1.82) is 0 Å². The molecule has 1 saturated heterocycles. The first-order valence-electron chi connectivity index (χ1n) is 7.82. The minimum atomic E-state index is -0.139. The molecule has 2 nitrogen and oxygen atoms in total. The van der Waals surface area contributed by atoms with Gasteiger partial charge in [-0.05, 0) is 50.4 Å². The van der Waals surface area contributed by atoms with Gasteiger partial charge >= 0.3 is 0 Å². The Labute approximate surface area is 122 Å². The topological polar surface area (TPSA) is 15.3 Å². The van der Waals surface area contributed by atoms with Crippen molar-refractivity contribution in [2.45, 2.75) is 58.2 Å². The van der Waals surface area contributed by atoms with E-state index >= 15 is 0 Å². The third-order valence-electron chi connectivity index (χ3n) is 4.82. The van der Waals surface area contributed by atoms with Crippen molar-refractivity contribution >= 4 is 0 Å². The van der Waals surface area contributed by atoms with E-state index in [0.29, 0.717) is 6.04 Å². The van der Waals surface area contributed by atoms with Gasteiger partial charge in [0.25, 0.3) is 0 Å². The Morgan fingerprint density at radius 1 is 1.35 bits per heavy atom. The number of benzene rings is 1. The molecule has 20 heavy (non-hydrogen) atoms. The fourth-order valence-corrected chi connectivity index (χ4v) is 3.13. The number of hydrogen-bond acceptors (Lipinski definition) is 2. The Morgan fingerprint density at radius 3 is 2.75 bits per heavy atom. The first kappa shape index (κ1) is 15.5. The van der Waals surface area contributed by atoms with Crippen LogP contribution in [0, 0.1) is 5.82 Å². The molecule has 1 aliphatic rings. The Kier molecular flexibility index (Phi) is 5.17. The highest BCUT2D eigenvalue weighted by Gasteiger charge is 2.32. The van der Waals surface area contributed by atoms with E-state index in [4.69, 9.17) is 0 Å². The van der Waals surface area contributed by atoms with Crippen LogP contribution in [0.15, 0.2) is 24.3 Å². The number of halogens is 1. The molecule has 1 aliphatic heterocycles. The van der Waals surface area contributed by atoms with E-state index in [-0.39, 0.29) is 11.4 Å². The Balaban J connectivity index is 2.14. The minimum Gasteiger partial charge on any atom is -0.310 e. The van der Waals surface area contributed by atoms with E-state index in [1.165, 1.54) is 6.07 Å². The van der Waals surface area contributed by atoms with E-state index in [1.807, 2.05) is 6.07 Å². The molecule has 0 saturated carbocycles. The van der Waals surface area contributed by atoms with Crippen LogP contribution in [-0.4, -0.2) is 29.6 Å². The second kappa shape index (κ2) is 6.68. The van der Waals surface area contributed by atoms with Gasteiger partial charge in [-0.2, -0.15) is 0 Å². The lowest BCUT2D eigenvalue weighted by Gasteiger charge is -2.37. The summed E-state index contributed by atoms with van der Waals surface area (Å²) in [6.07, 6.45) is 3.42. The molecule has 1 unspecified atom stereocenters. The summed E-state index contributed by atoms with van der Waals surface area (Å²) in [5, 5.41) is 3.74. The summed E-state index contributed by atoms with van der Waals surface area (Å²) in [7, 11) is 0. The van der Waals surface area contributed by atoms with Gasteiger partial charge in [0, 0.05) is 24.7 Å². The molecule has 2 rings (SSSR count). The van der Waals surface area contributed by atoms with Crippen molar-refractivity contribution in [3.05, 3.63) is 35.6 Å². The predicted octanol–water partition coefficient (Wildman–Crippen LogP) is 3.57. The molecule has 0 radical (unpaired) electrons. The summed E-state index contributed by atoms with van der Waals surface area (Å²) >= 11 is 0. The first-order chi connectivity index (χ1) is 9.58. The van der Waals surface area contributed by atoms with E-state index < -0.39 is 0 Å². The lowest BCUT2D eigenvalue weighted by Crippen LogP contribution is -2.51. The summed E-state index contributed by atoms with van der Waals surface area (Å²) < 4.78 is 13.4. The Bertz CT molecular complexity index is 429. The standard InChI is InChI=1S/C17H27FN2/c1-4-17(5-2)13-20(14(3)9-10-19-17)12-15-7-6-8-16(18)11-15/h6-8,11,14,19H,4-5,9-10,12-13H2,1-3H3. The van der Waals surface area contributed by atoms with Gasteiger partial charge in [-0.1, -0.05) is 26.0 Å². The number of rotatable bonds is 4. The number of nitrogens with zero attached hydrogens (tertiary/aromatic N) is 1. The Hall–Kier alpha value is -0.930. The zero-order valence-electron chi connectivity index (χ0n) is 13.0. The summed E-state index contributed by atoms with van der Waals surface area (Å²) in [5.74, 6) is -0.139. The van der Waals surface area contributed by atoms with Crippen LogP contribution in [0.25, 0.3) is 0 Å². The molecule has 3 heteroatoms. The minimum absolute atomic E-state index is 0.139. The average molecular weight is 278 g/mol. The summed E-state index contributed by atoms with van der Waals surface area (Å²) in [6.45, 7) is 9.74. The molecule has 1 heterocycles. The third-order valence-corrected chi connectivity index (χ3v) is 4.82. The van der Waals surface area contributed by atoms with Crippen LogP contribution in [0.2, 0.25) is 0 Å². The van der Waals surface area contributed by atoms with Crippen LogP contribution in [0.1, 0.15) is 45.6 Å². The largest absolute Gasteiger partial charge is 0.310 e. The van der Waals surface area contributed by atoms with Crippen LogP contribution in [0.4, 0.5) is 4.39 Å². The van der Waals surface area contributed by atoms with Crippen LogP contribution in [0.3, 0.4) is 0 Å². The second-order valence-electron chi connectivity index (χ2n) is 6.09. The highest BCUT2D eigenvalue weighted by atomic mass is 19.1. The maximum absolute atomic E-state index is 13.4. The number of hydrogen-bond donors (Lipinski definition) is 1. The lowest BCUT2D eigenvalue weighted by atomic mass is 9.92. The van der Waals surface area contributed by atoms with Gasteiger partial charge in [-0.3, -0.25) is 4.90 Å². The molecule has 112 valence electrons. The molecule has 1 aromatic rings. The molecular weight excluding hydrogens is 251 g/mol. The van der Waals surface area contributed by atoms with Gasteiger partial charge in [0.15, 0.2) is 0 Å². The molecule has 0 amide bonds. The van der Waals surface area contributed by atoms with Crippen molar-refractivity contribution in [2.75, 3.05) is 13.1 Å². The van der Waals surface area contributed by atoms with Crippen molar-refractivity contribution in [3.8, 4) is 0 Å². The zero-order chi connectivity index (χ0) is 14.6. The maximum atomic E-state index is 13.4. The molecule has 0 bridgehead atoms. The van der Waals surface area contributed by atoms with E-state index in [2.05, 4.69) is 31.0 Å². The van der Waals surface area contributed by atoms with Gasteiger partial charge in [-0.25, -0.2) is 4.39 Å². The highest BCUT2D eigenvalue weighted by Crippen LogP contribution is 2.24. The molecule has 1 N–H and O–H groups in total. The van der Waals surface area contributed by atoms with Crippen LogP contribution >= 0.6 is 0 Å². The SMILES string of the molecule is CCC1(CC)CN(Cc2cccc(F)c2)C(C)CCN1.